The summed E-state index contributed by atoms with van der Waals surface area (Å²) in [5.41, 5.74) is -0.0729. The van der Waals surface area contributed by atoms with Crippen molar-refractivity contribution in [2.45, 2.75) is 18.5 Å². The van der Waals surface area contributed by atoms with Gasteiger partial charge >= 0.3 is 11.9 Å². The van der Waals surface area contributed by atoms with Crippen LogP contribution in [0.5, 0.6) is 0 Å². The lowest BCUT2D eigenvalue weighted by molar-refractivity contribution is -0.145. The van der Waals surface area contributed by atoms with Crippen LogP contribution < -0.4 is 0 Å². The third-order valence-electron chi connectivity index (χ3n) is 3.88. The minimum atomic E-state index is -1.16. The zero-order valence-corrected chi connectivity index (χ0v) is 11.5. The summed E-state index contributed by atoms with van der Waals surface area (Å²) in [5.74, 6) is -4.92. The van der Waals surface area contributed by atoms with E-state index in [1.165, 1.54) is 31.2 Å². The first-order valence-corrected chi connectivity index (χ1v) is 6.35. The number of likely N-dealkylation sites (tertiary alicyclic amines) is 1. The summed E-state index contributed by atoms with van der Waals surface area (Å²) in [5, 5.41) is 9.30. The third kappa shape index (κ3) is 2.61. The van der Waals surface area contributed by atoms with E-state index in [2.05, 4.69) is 4.74 Å². The number of carboxylic acid groups (broad SMARTS) is 1. The van der Waals surface area contributed by atoms with Crippen LogP contribution in [0, 0.1) is 17.6 Å². The number of benzene rings is 1. The highest BCUT2D eigenvalue weighted by Gasteiger charge is 2.48. The van der Waals surface area contributed by atoms with E-state index in [9.17, 15) is 23.5 Å². The summed E-state index contributed by atoms with van der Waals surface area (Å²) in [7, 11) is 2.70. The molecule has 0 saturated carbocycles. The molecule has 5 nitrogen and oxygen atoms in total. The Kier molecular flexibility index (Phi) is 4.22. The molecule has 0 bridgehead atoms. The van der Waals surface area contributed by atoms with Crippen LogP contribution in [0.3, 0.4) is 0 Å². The van der Waals surface area contributed by atoms with Gasteiger partial charge in [0.25, 0.3) is 0 Å². The van der Waals surface area contributed by atoms with E-state index >= 15 is 0 Å². The molecule has 3 atom stereocenters. The second-order valence-corrected chi connectivity index (χ2v) is 4.97. The number of aliphatic carboxylic acids is 1. The number of halogens is 2. The Hall–Kier alpha value is -2.02. The molecule has 1 N–H and O–H groups in total. The van der Waals surface area contributed by atoms with Gasteiger partial charge in [0, 0.05) is 5.56 Å². The van der Waals surface area contributed by atoms with Crippen LogP contribution in [-0.2, 0) is 14.3 Å². The summed E-state index contributed by atoms with van der Waals surface area (Å²) in [4.78, 5) is 24.5. The summed E-state index contributed by atoms with van der Waals surface area (Å²) >= 11 is 0. The summed E-state index contributed by atoms with van der Waals surface area (Å²) in [6, 6.07) is 1.87. The third-order valence-corrected chi connectivity index (χ3v) is 3.88. The normalized spacial score (nSPS) is 25.8. The maximum atomic E-state index is 14.0. The molecule has 1 aliphatic heterocycles. The lowest BCUT2D eigenvalue weighted by Gasteiger charge is -2.26. The Bertz CT molecular complexity index is 578. The number of methoxy groups -OCH3 is 1. The number of esters is 1. The molecule has 1 fully saturated rings. The van der Waals surface area contributed by atoms with Crippen molar-refractivity contribution in [2.75, 3.05) is 14.2 Å². The van der Waals surface area contributed by atoms with Crippen molar-refractivity contribution in [1.29, 1.82) is 0 Å². The number of likely N-dealkylation sites (N-methyl/N-ethyl adjacent to an activating group) is 1. The van der Waals surface area contributed by atoms with E-state index < -0.39 is 41.6 Å². The van der Waals surface area contributed by atoms with Crippen molar-refractivity contribution in [3.8, 4) is 0 Å². The Morgan fingerprint density at radius 2 is 2.05 bits per heavy atom. The molecule has 0 radical (unpaired) electrons. The lowest BCUT2D eigenvalue weighted by atomic mass is 9.93. The quantitative estimate of drug-likeness (QED) is 0.858. The van der Waals surface area contributed by atoms with Gasteiger partial charge in [-0.15, -0.1) is 0 Å². The highest BCUT2D eigenvalue weighted by molar-refractivity contribution is 5.79. The molecule has 0 aliphatic carbocycles. The van der Waals surface area contributed by atoms with Crippen LogP contribution in [0.25, 0.3) is 0 Å². The van der Waals surface area contributed by atoms with Gasteiger partial charge in [0.2, 0.25) is 0 Å². The molecule has 1 heterocycles. The Labute approximate surface area is 120 Å². The number of carbonyl (C=O) groups is 2. The SMILES string of the molecule is COC(=O)[C@H]1C[C@@H](C(=O)O)[C@@H](c2cccc(F)c2F)N1C. The average molecular weight is 299 g/mol. The minimum absolute atomic E-state index is 0.0148. The monoisotopic (exact) mass is 299 g/mol. The molecule has 1 aromatic rings. The van der Waals surface area contributed by atoms with Crippen molar-refractivity contribution < 1.29 is 28.2 Å². The molecule has 1 saturated heterocycles. The number of carbonyl (C=O) groups excluding carboxylic acids is 1. The molecule has 1 aliphatic rings. The van der Waals surface area contributed by atoms with Crippen molar-refractivity contribution >= 4 is 11.9 Å². The van der Waals surface area contributed by atoms with Gasteiger partial charge in [-0.05, 0) is 19.5 Å². The molecule has 0 spiro atoms. The van der Waals surface area contributed by atoms with Crippen LogP contribution in [-0.4, -0.2) is 42.1 Å². The second kappa shape index (κ2) is 5.77. The fraction of sp³-hybridized carbons (Fsp3) is 0.429. The second-order valence-electron chi connectivity index (χ2n) is 4.97. The maximum absolute atomic E-state index is 14.0. The first kappa shape index (κ1) is 15.4. The molecule has 114 valence electrons. The molecule has 21 heavy (non-hydrogen) atoms. The smallest absolute Gasteiger partial charge is 0.323 e. The number of carboxylic acids is 1. The maximum Gasteiger partial charge on any atom is 0.323 e. The number of rotatable bonds is 3. The number of hydrogen-bond acceptors (Lipinski definition) is 4. The van der Waals surface area contributed by atoms with E-state index in [-0.39, 0.29) is 12.0 Å². The zero-order chi connectivity index (χ0) is 15.7. The van der Waals surface area contributed by atoms with Gasteiger partial charge in [0.05, 0.1) is 19.1 Å². The van der Waals surface area contributed by atoms with Crippen molar-refractivity contribution in [3.63, 3.8) is 0 Å². The Morgan fingerprint density at radius 3 is 2.62 bits per heavy atom. The summed E-state index contributed by atoms with van der Waals surface area (Å²) < 4.78 is 32.0. The number of nitrogens with zero attached hydrogens (tertiary/aromatic N) is 1. The number of hydrogen-bond donors (Lipinski definition) is 1. The van der Waals surface area contributed by atoms with Crippen molar-refractivity contribution in [1.82, 2.24) is 4.90 Å². The van der Waals surface area contributed by atoms with Gasteiger partial charge in [-0.3, -0.25) is 14.5 Å². The summed E-state index contributed by atoms with van der Waals surface area (Å²) in [6.45, 7) is 0. The number of ether oxygens (including phenoxy) is 1. The van der Waals surface area contributed by atoms with Crippen LogP contribution in [0.4, 0.5) is 8.78 Å². The summed E-state index contributed by atoms with van der Waals surface area (Å²) in [6.07, 6.45) is -0.0148. The van der Waals surface area contributed by atoms with Gasteiger partial charge in [-0.1, -0.05) is 12.1 Å². The van der Waals surface area contributed by atoms with E-state index in [4.69, 9.17) is 0 Å². The molecular weight excluding hydrogens is 284 g/mol. The van der Waals surface area contributed by atoms with Crippen LogP contribution >= 0.6 is 0 Å². The highest BCUT2D eigenvalue weighted by Crippen LogP contribution is 2.41. The fourth-order valence-electron chi connectivity index (χ4n) is 2.83. The van der Waals surface area contributed by atoms with E-state index in [0.717, 1.165) is 6.07 Å². The van der Waals surface area contributed by atoms with Crippen molar-refractivity contribution in [2.24, 2.45) is 5.92 Å². The Morgan fingerprint density at radius 1 is 1.38 bits per heavy atom. The van der Waals surface area contributed by atoms with Gasteiger partial charge < -0.3 is 9.84 Å². The first-order chi connectivity index (χ1) is 9.88. The van der Waals surface area contributed by atoms with Gasteiger partial charge in [0.1, 0.15) is 6.04 Å². The molecule has 0 amide bonds. The predicted molar refractivity (Wildman–Crippen MR) is 68.4 cm³/mol. The van der Waals surface area contributed by atoms with E-state index in [0.29, 0.717) is 0 Å². The van der Waals surface area contributed by atoms with Gasteiger partial charge in [0.15, 0.2) is 11.6 Å². The standard InChI is InChI=1S/C14H15F2NO4/c1-17-10(14(20)21-2)6-8(13(18)19)12(17)7-4-3-5-9(15)11(7)16/h3-5,8,10,12H,6H2,1-2H3,(H,18,19)/t8-,10-,12-/m1/s1. The van der Waals surface area contributed by atoms with Gasteiger partial charge in [-0.25, -0.2) is 8.78 Å². The average Bonchev–Trinajstić information content (AvgIpc) is 2.79. The molecule has 0 aromatic heterocycles. The lowest BCUT2D eigenvalue weighted by Crippen LogP contribution is -2.35. The van der Waals surface area contributed by atoms with Crippen LogP contribution in [0.2, 0.25) is 0 Å². The largest absolute Gasteiger partial charge is 0.481 e. The van der Waals surface area contributed by atoms with Crippen LogP contribution in [0.1, 0.15) is 18.0 Å². The van der Waals surface area contributed by atoms with Crippen molar-refractivity contribution in [3.05, 3.63) is 35.4 Å². The van der Waals surface area contributed by atoms with Crippen LogP contribution in [0.15, 0.2) is 18.2 Å². The molecule has 0 unspecified atom stereocenters. The topological polar surface area (TPSA) is 66.8 Å². The predicted octanol–water partition coefficient (Wildman–Crippen LogP) is 1.58. The fourth-order valence-corrected chi connectivity index (χ4v) is 2.83. The zero-order valence-electron chi connectivity index (χ0n) is 11.5. The van der Waals surface area contributed by atoms with E-state index in [1.54, 1.807) is 0 Å². The molecule has 1 aromatic carbocycles. The molecule has 2 rings (SSSR count). The minimum Gasteiger partial charge on any atom is -0.481 e. The first-order valence-electron chi connectivity index (χ1n) is 6.35. The van der Waals surface area contributed by atoms with E-state index in [1.807, 2.05) is 0 Å². The van der Waals surface area contributed by atoms with Gasteiger partial charge in [-0.2, -0.15) is 0 Å². The molecular formula is C14H15F2NO4. The Balaban J connectivity index is 2.46. The highest BCUT2D eigenvalue weighted by atomic mass is 19.2. The molecule has 7 heteroatoms.